The number of rotatable bonds is 9. The van der Waals surface area contributed by atoms with Crippen LogP contribution in [0.25, 0.3) is 0 Å². The molecule has 0 heterocycles. The first-order valence-electron chi connectivity index (χ1n) is 10.6. The van der Waals surface area contributed by atoms with Crippen LogP contribution in [0.5, 0.6) is 23.0 Å². The summed E-state index contributed by atoms with van der Waals surface area (Å²) in [5, 5.41) is 19.4. The lowest BCUT2D eigenvalue weighted by atomic mass is 9.76. The lowest BCUT2D eigenvalue weighted by Gasteiger charge is -2.32. The van der Waals surface area contributed by atoms with Crippen molar-refractivity contribution in [2.45, 2.75) is 79.1 Å². The van der Waals surface area contributed by atoms with Gasteiger partial charge in [-0.05, 0) is 59.2 Å². The van der Waals surface area contributed by atoms with Gasteiger partial charge in [-0.2, -0.15) is 0 Å². The summed E-state index contributed by atoms with van der Waals surface area (Å²) >= 11 is 0. The second-order valence-corrected chi connectivity index (χ2v) is 8.96. The van der Waals surface area contributed by atoms with Crippen LogP contribution in [-0.2, 0) is 5.41 Å². The van der Waals surface area contributed by atoms with Crippen molar-refractivity contribution < 1.29 is 29.2 Å². The van der Waals surface area contributed by atoms with Gasteiger partial charge in [0.1, 0.15) is 28.6 Å². The molecule has 2 aromatic carbocycles. The molecule has 6 heteroatoms. The molecule has 6 nitrogen and oxygen atoms in total. The first-order chi connectivity index (χ1) is 14.3. The van der Waals surface area contributed by atoms with Crippen LogP contribution in [-0.4, -0.2) is 34.5 Å². The lowest BCUT2D eigenvalue weighted by Crippen LogP contribution is -2.24. The Kier molecular flexibility index (Phi) is 7.47. The van der Waals surface area contributed by atoms with Crippen LogP contribution in [0.4, 0.5) is 0 Å². The molecule has 0 bridgehead atoms. The van der Waals surface area contributed by atoms with E-state index in [1.807, 2.05) is 67.5 Å². The summed E-state index contributed by atoms with van der Waals surface area (Å²) in [5.74, 6) is 0.397. The molecule has 2 N–H and O–H groups in total. The van der Waals surface area contributed by atoms with Gasteiger partial charge in [-0.15, -0.1) is 0 Å². The van der Waals surface area contributed by atoms with Gasteiger partial charge in [-0.1, -0.05) is 19.9 Å². The second kappa shape index (κ2) is 9.50. The maximum atomic E-state index is 11.6. The summed E-state index contributed by atoms with van der Waals surface area (Å²) in [6.07, 6.45) is -0.205. The fourth-order valence-electron chi connectivity index (χ4n) is 3.46. The van der Waals surface area contributed by atoms with E-state index in [4.69, 9.17) is 14.2 Å². The van der Waals surface area contributed by atoms with Crippen molar-refractivity contribution in [3.63, 3.8) is 0 Å². The monoisotopic (exact) mass is 430 g/mol. The third-order valence-electron chi connectivity index (χ3n) is 4.71. The van der Waals surface area contributed by atoms with Crippen molar-refractivity contribution in [2.75, 3.05) is 0 Å². The van der Waals surface area contributed by atoms with Crippen LogP contribution >= 0.6 is 0 Å². The van der Waals surface area contributed by atoms with Gasteiger partial charge in [-0.25, -0.2) is 4.79 Å². The van der Waals surface area contributed by atoms with Gasteiger partial charge in [-0.3, -0.25) is 0 Å². The Hall–Kier alpha value is -2.89. The number of carboxylic acid groups (broad SMARTS) is 1. The van der Waals surface area contributed by atoms with Gasteiger partial charge < -0.3 is 24.4 Å². The molecule has 0 aliphatic carbocycles. The van der Waals surface area contributed by atoms with E-state index >= 15 is 0 Å². The maximum Gasteiger partial charge on any atom is 0.339 e. The van der Waals surface area contributed by atoms with E-state index in [1.54, 1.807) is 6.07 Å². The molecule has 2 aromatic rings. The molecule has 0 spiro atoms. The Bertz CT molecular complexity index is 897. The number of aromatic carboxylic acids is 1. The molecule has 31 heavy (non-hydrogen) atoms. The van der Waals surface area contributed by atoms with Gasteiger partial charge in [0.25, 0.3) is 0 Å². The Morgan fingerprint density at radius 2 is 1.32 bits per heavy atom. The molecular formula is C25H34O6. The summed E-state index contributed by atoms with van der Waals surface area (Å²) < 4.78 is 18.3. The number of phenols is 1. The quantitative estimate of drug-likeness (QED) is 0.525. The Morgan fingerprint density at radius 3 is 1.74 bits per heavy atom. The van der Waals surface area contributed by atoms with Gasteiger partial charge in [0.05, 0.1) is 18.3 Å². The number of hydrogen-bond acceptors (Lipinski definition) is 5. The third kappa shape index (κ3) is 5.84. The number of hydrogen-bond donors (Lipinski definition) is 2. The number of carboxylic acids is 1. The zero-order valence-corrected chi connectivity index (χ0v) is 19.6. The second-order valence-electron chi connectivity index (χ2n) is 8.96. The predicted molar refractivity (Wildman–Crippen MR) is 121 cm³/mol. The topological polar surface area (TPSA) is 85.2 Å². The van der Waals surface area contributed by atoms with Crippen LogP contribution in [0.1, 0.15) is 76.9 Å². The summed E-state index contributed by atoms with van der Waals surface area (Å²) in [6.45, 7) is 15.6. The average molecular weight is 431 g/mol. The fourth-order valence-corrected chi connectivity index (χ4v) is 3.46. The molecule has 0 unspecified atom stereocenters. The largest absolute Gasteiger partial charge is 0.507 e. The molecule has 0 atom stereocenters. The van der Waals surface area contributed by atoms with Crippen LogP contribution in [0.3, 0.4) is 0 Å². The summed E-state index contributed by atoms with van der Waals surface area (Å²) in [6, 6.07) is 8.32. The molecule has 0 amide bonds. The molecule has 0 saturated heterocycles. The van der Waals surface area contributed by atoms with Crippen molar-refractivity contribution in [3.8, 4) is 23.0 Å². The highest BCUT2D eigenvalue weighted by atomic mass is 16.5. The number of aromatic hydroxyl groups is 1. The van der Waals surface area contributed by atoms with E-state index in [1.165, 1.54) is 12.1 Å². The molecule has 0 aliphatic rings. The minimum absolute atomic E-state index is 0.0205. The van der Waals surface area contributed by atoms with E-state index in [0.717, 1.165) is 5.56 Å². The van der Waals surface area contributed by atoms with E-state index in [0.29, 0.717) is 22.8 Å². The molecule has 0 aliphatic heterocycles. The standard InChI is InChI=1S/C25H34O6/c1-14(2)29-18-12-21(30-15(3)4)23(22(13-18)31-16(5)6)25(7,8)17-9-10-20(26)19(11-17)24(27)28/h9-16,26H,1-8H3,(H,27,28). The van der Waals surface area contributed by atoms with E-state index in [-0.39, 0.29) is 29.6 Å². The number of benzene rings is 2. The summed E-state index contributed by atoms with van der Waals surface area (Å²) in [7, 11) is 0. The molecule has 170 valence electrons. The van der Waals surface area contributed by atoms with Crippen molar-refractivity contribution in [2.24, 2.45) is 0 Å². The summed E-state index contributed by atoms with van der Waals surface area (Å²) in [4.78, 5) is 11.6. The first kappa shape index (κ1) is 24.4. The minimum Gasteiger partial charge on any atom is -0.507 e. The predicted octanol–water partition coefficient (Wildman–Crippen LogP) is 5.78. The zero-order chi connectivity index (χ0) is 23.5. The highest BCUT2D eigenvalue weighted by Gasteiger charge is 2.33. The molecule has 2 rings (SSSR count). The Labute approximate surface area is 184 Å². The summed E-state index contributed by atoms with van der Waals surface area (Å²) in [5.41, 5.74) is 0.654. The first-order valence-corrected chi connectivity index (χ1v) is 10.6. The van der Waals surface area contributed by atoms with Crippen LogP contribution in [0, 0.1) is 0 Å². The van der Waals surface area contributed by atoms with Crippen molar-refractivity contribution >= 4 is 5.97 Å². The van der Waals surface area contributed by atoms with Crippen molar-refractivity contribution in [3.05, 3.63) is 47.0 Å². The molecular weight excluding hydrogens is 396 g/mol. The third-order valence-corrected chi connectivity index (χ3v) is 4.71. The van der Waals surface area contributed by atoms with E-state index in [9.17, 15) is 15.0 Å². The normalized spacial score (nSPS) is 11.8. The van der Waals surface area contributed by atoms with Crippen molar-refractivity contribution in [1.29, 1.82) is 0 Å². The zero-order valence-electron chi connectivity index (χ0n) is 19.6. The van der Waals surface area contributed by atoms with Crippen LogP contribution < -0.4 is 14.2 Å². The van der Waals surface area contributed by atoms with E-state index in [2.05, 4.69) is 0 Å². The maximum absolute atomic E-state index is 11.6. The smallest absolute Gasteiger partial charge is 0.339 e. The Morgan fingerprint density at radius 1 is 0.839 bits per heavy atom. The highest BCUT2D eigenvalue weighted by molar-refractivity contribution is 5.91. The highest BCUT2D eigenvalue weighted by Crippen LogP contribution is 2.46. The molecule has 0 radical (unpaired) electrons. The number of carbonyl (C=O) groups is 1. The van der Waals surface area contributed by atoms with Crippen LogP contribution in [0.2, 0.25) is 0 Å². The molecule has 0 aromatic heterocycles. The van der Waals surface area contributed by atoms with Gasteiger partial charge in [0, 0.05) is 23.1 Å². The van der Waals surface area contributed by atoms with Gasteiger partial charge >= 0.3 is 5.97 Å². The Balaban J connectivity index is 2.78. The van der Waals surface area contributed by atoms with Gasteiger partial charge in [0.15, 0.2) is 0 Å². The van der Waals surface area contributed by atoms with Gasteiger partial charge in [0.2, 0.25) is 0 Å². The van der Waals surface area contributed by atoms with Crippen molar-refractivity contribution in [1.82, 2.24) is 0 Å². The molecule has 0 fully saturated rings. The minimum atomic E-state index is -1.19. The van der Waals surface area contributed by atoms with E-state index < -0.39 is 11.4 Å². The SMILES string of the molecule is CC(C)Oc1cc(OC(C)C)c(C(C)(C)c2ccc(O)c(C(=O)O)c2)c(OC(C)C)c1. The number of ether oxygens (including phenoxy) is 3. The average Bonchev–Trinajstić information content (AvgIpc) is 2.59. The lowest BCUT2D eigenvalue weighted by molar-refractivity contribution is 0.0693. The van der Waals surface area contributed by atoms with Crippen LogP contribution in [0.15, 0.2) is 30.3 Å². The fraction of sp³-hybridized carbons (Fsp3) is 0.480. The molecule has 0 saturated carbocycles.